The second kappa shape index (κ2) is 7.26. The Morgan fingerprint density at radius 2 is 2.00 bits per heavy atom. The van der Waals surface area contributed by atoms with Gasteiger partial charge in [0.2, 0.25) is 0 Å². The van der Waals surface area contributed by atoms with Gasteiger partial charge in [-0.2, -0.15) is 0 Å². The molecule has 3 atom stereocenters. The molecule has 2 fully saturated rings. The number of hydrogen-bond donors (Lipinski definition) is 2. The summed E-state index contributed by atoms with van der Waals surface area (Å²) in [5.41, 5.74) is 0.234. The van der Waals surface area contributed by atoms with Crippen molar-refractivity contribution in [1.29, 1.82) is 0 Å². The molecule has 0 aliphatic carbocycles. The highest BCUT2D eigenvalue weighted by atomic mass is 35.5. The Bertz CT molecular complexity index is 261. The van der Waals surface area contributed by atoms with Crippen molar-refractivity contribution < 1.29 is 5.11 Å². The molecule has 4 heteroatoms. The van der Waals surface area contributed by atoms with Crippen LogP contribution in [0.3, 0.4) is 0 Å². The summed E-state index contributed by atoms with van der Waals surface area (Å²) >= 11 is 0. The Hall–Kier alpha value is 0.170. The van der Waals surface area contributed by atoms with Crippen LogP contribution in [0.2, 0.25) is 0 Å². The van der Waals surface area contributed by atoms with Crippen molar-refractivity contribution in [3.63, 3.8) is 0 Å². The Kier molecular flexibility index (Phi) is 6.58. The molecule has 2 saturated heterocycles. The number of nitrogens with one attached hydrogen (secondary N) is 1. The first-order chi connectivity index (χ1) is 8.47. The van der Waals surface area contributed by atoms with Crippen LogP contribution < -0.4 is 5.32 Å². The van der Waals surface area contributed by atoms with E-state index in [1.807, 2.05) is 0 Å². The van der Waals surface area contributed by atoms with Crippen LogP contribution >= 0.6 is 12.4 Å². The third-order valence-electron chi connectivity index (χ3n) is 4.69. The van der Waals surface area contributed by atoms with Crippen LogP contribution in [0.1, 0.15) is 40.0 Å². The number of hydrogen-bond acceptors (Lipinski definition) is 3. The van der Waals surface area contributed by atoms with Crippen molar-refractivity contribution in [3.8, 4) is 0 Å². The predicted molar refractivity (Wildman–Crippen MR) is 82.9 cm³/mol. The second-order valence-corrected chi connectivity index (χ2v) is 7.30. The molecule has 0 aromatic rings. The molecule has 0 bridgehead atoms. The molecule has 0 spiro atoms. The molecular formula is C15H31ClN2O. The monoisotopic (exact) mass is 290 g/mol. The number of aliphatic hydroxyl groups excluding tert-OH is 1. The van der Waals surface area contributed by atoms with Gasteiger partial charge in [0.25, 0.3) is 0 Å². The summed E-state index contributed by atoms with van der Waals surface area (Å²) in [5, 5.41) is 13.8. The number of rotatable bonds is 2. The van der Waals surface area contributed by atoms with E-state index in [2.05, 4.69) is 31.0 Å². The maximum Gasteiger partial charge on any atom is 0.0700 e. The zero-order valence-electron chi connectivity index (χ0n) is 12.7. The van der Waals surface area contributed by atoms with Crippen molar-refractivity contribution in [3.05, 3.63) is 0 Å². The van der Waals surface area contributed by atoms with Crippen LogP contribution in [0.25, 0.3) is 0 Å². The first-order valence-electron chi connectivity index (χ1n) is 7.58. The zero-order valence-corrected chi connectivity index (χ0v) is 13.5. The average molecular weight is 291 g/mol. The summed E-state index contributed by atoms with van der Waals surface area (Å²) in [4.78, 5) is 2.48. The third-order valence-corrected chi connectivity index (χ3v) is 4.69. The first-order valence-corrected chi connectivity index (χ1v) is 7.58. The van der Waals surface area contributed by atoms with Gasteiger partial charge < -0.3 is 15.3 Å². The van der Waals surface area contributed by atoms with E-state index in [0.717, 1.165) is 32.0 Å². The standard InChI is InChI=1S/C15H30N2O.ClH/c1-15(2,3)13-6-8-17(11-14(13)18)10-12-5-4-7-16-9-12;/h12-14,16,18H,4-11H2,1-3H3;1H. The highest BCUT2D eigenvalue weighted by molar-refractivity contribution is 5.85. The number of aliphatic hydroxyl groups is 1. The molecule has 0 aromatic carbocycles. The third kappa shape index (κ3) is 4.89. The van der Waals surface area contributed by atoms with Gasteiger partial charge in [0, 0.05) is 13.1 Å². The van der Waals surface area contributed by atoms with Gasteiger partial charge in [0.1, 0.15) is 0 Å². The van der Waals surface area contributed by atoms with E-state index in [0.29, 0.717) is 5.92 Å². The largest absolute Gasteiger partial charge is 0.391 e. The smallest absolute Gasteiger partial charge is 0.0700 e. The molecule has 2 aliphatic heterocycles. The van der Waals surface area contributed by atoms with Gasteiger partial charge in [-0.3, -0.25) is 0 Å². The van der Waals surface area contributed by atoms with E-state index in [4.69, 9.17) is 0 Å². The fourth-order valence-electron chi connectivity index (χ4n) is 3.62. The Labute approximate surface area is 124 Å². The molecular weight excluding hydrogens is 260 g/mol. The lowest BCUT2D eigenvalue weighted by molar-refractivity contribution is -0.0287. The first kappa shape index (κ1) is 17.2. The summed E-state index contributed by atoms with van der Waals surface area (Å²) in [7, 11) is 0. The number of nitrogens with zero attached hydrogens (tertiary/aromatic N) is 1. The SMILES string of the molecule is CC(C)(C)C1CCN(CC2CCCNC2)CC1O.Cl. The summed E-state index contributed by atoms with van der Waals surface area (Å²) in [6.07, 6.45) is 3.66. The van der Waals surface area contributed by atoms with E-state index in [1.54, 1.807) is 0 Å². The molecule has 2 rings (SSSR count). The number of β-amino-alcohol motifs (C(OH)–C–C–N with tert-alkyl or cyclic N) is 1. The fraction of sp³-hybridized carbons (Fsp3) is 1.00. The Morgan fingerprint density at radius 3 is 2.53 bits per heavy atom. The predicted octanol–water partition coefficient (Wildman–Crippen LogP) is 2.14. The summed E-state index contributed by atoms with van der Waals surface area (Å²) < 4.78 is 0. The lowest BCUT2D eigenvalue weighted by Crippen LogP contribution is -2.50. The van der Waals surface area contributed by atoms with Crippen LogP contribution in [0.15, 0.2) is 0 Å². The molecule has 3 nitrogen and oxygen atoms in total. The molecule has 0 amide bonds. The van der Waals surface area contributed by atoms with Crippen molar-refractivity contribution in [1.82, 2.24) is 10.2 Å². The number of likely N-dealkylation sites (tertiary alicyclic amines) is 1. The van der Waals surface area contributed by atoms with E-state index >= 15 is 0 Å². The maximum atomic E-state index is 10.3. The lowest BCUT2D eigenvalue weighted by Gasteiger charge is -2.43. The molecule has 19 heavy (non-hydrogen) atoms. The minimum atomic E-state index is -0.143. The highest BCUT2D eigenvalue weighted by Crippen LogP contribution is 2.34. The van der Waals surface area contributed by atoms with Crippen molar-refractivity contribution in [2.24, 2.45) is 17.3 Å². The highest BCUT2D eigenvalue weighted by Gasteiger charge is 2.36. The van der Waals surface area contributed by atoms with Gasteiger partial charge in [0.15, 0.2) is 0 Å². The fourth-order valence-corrected chi connectivity index (χ4v) is 3.62. The lowest BCUT2D eigenvalue weighted by atomic mass is 9.73. The van der Waals surface area contributed by atoms with Gasteiger partial charge in [-0.15, -0.1) is 12.4 Å². The molecule has 2 N–H and O–H groups in total. The van der Waals surface area contributed by atoms with Crippen LogP contribution in [-0.2, 0) is 0 Å². The molecule has 0 aromatic heterocycles. The van der Waals surface area contributed by atoms with Crippen molar-refractivity contribution >= 4 is 12.4 Å². The molecule has 0 radical (unpaired) electrons. The minimum Gasteiger partial charge on any atom is -0.391 e. The molecule has 114 valence electrons. The summed E-state index contributed by atoms with van der Waals surface area (Å²) in [6.45, 7) is 12.3. The zero-order chi connectivity index (χ0) is 13.2. The van der Waals surface area contributed by atoms with Gasteiger partial charge in [-0.05, 0) is 56.1 Å². The van der Waals surface area contributed by atoms with Crippen LogP contribution in [-0.4, -0.2) is 48.8 Å². The van der Waals surface area contributed by atoms with Gasteiger partial charge in [-0.1, -0.05) is 20.8 Å². The van der Waals surface area contributed by atoms with Crippen molar-refractivity contribution in [2.75, 3.05) is 32.7 Å². The minimum absolute atomic E-state index is 0. The van der Waals surface area contributed by atoms with Crippen LogP contribution in [0, 0.1) is 17.3 Å². The Morgan fingerprint density at radius 1 is 1.26 bits per heavy atom. The summed E-state index contributed by atoms with van der Waals surface area (Å²) in [6, 6.07) is 0. The Balaban J connectivity index is 0.00000180. The second-order valence-electron chi connectivity index (χ2n) is 7.30. The molecule has 3 unspecified atom stereocenters. The van der Waals surface area contributed by atoms with E-state index in [1.165, 1.54) is 25.9 Å². The van der Waals surface area contributed by atoms with E-state index in [9.17, 15) is 5.11 Å². The molecule has 2 heterocycles. The van der Waals surface area contributed by atoms with Gasteiger partial charge in [0.05, 0.1) is 6.10 Å². The quantitative estimate of drug-likeness (QED) is 0.818. The maximum absolute atomic E-state index is 10.3. The number of halogens is 1. The average Bonchev–Trinajstić information content (AvgIpc) is 2.28. The topological polar surface area (TPSA) is 35.5 Å². The van der Waals surface area contributed by atoms with Crippen LogP contribution in [0.5, 0.6) is 0 Å². The van der Waals surface area contributed by atoms with E-state index < -0.39 is 0 Å². The number of piperidine rings is 2. The molecule has 2 aliphatic rings. The van der Waals surface area contributed by atoms with Gasteiger partial charge >= 0.3 is 0 Å². The van der Waals surface area contributed by atoms with E-state index in [-0.39, 0.29) is 23.9 Å². The summed E-state index contributed by atoms with van der Waals surface area (Å²) in [5.74, 6) is 1.25. The van der Waals surface area contributed by atoms with Crippen molar-refractivity contribution in [2.45, 2.75) is 46.1 Å². The molecule has 0 saturated carbocycles. The van der Waals surface area contributed by atoms with Gasteiger partial charge in [-0.25, -0.2) is 0 Å². The van der Waals surface area contributed by atoms with Crippen LogP contribution in [0.4, 0.5) is 0 Å². The normalized spacial score (nSPS) is 33.8.